The van der Waals surface area contributed by atoms with Crippen molar-refractivity contribution in [3.8, 4) is 0 Å². The van der Waals surface area contributed by atoms with Gasteiger partial charge in [-0.05, 0) is 74.2 Å². The Morgan fingerprint density at radius 1 is 0.733 bits per heavy atom. The quantitative estimate of drug-likeness (QED) is 0.547. The number of hydrogen-bond acceptors (Lipinski definition) is 3. The number of fused-ring (bicyclic) bond motifs is 7. The number of aromatic nitrogens is 1. The summed E-state index contributed by atoms with van der Waals surface area (Å²) in [5.41, 5.74) is 6.63. The van der Waals surface area contributed by atoms with E-state index in [1.165, 1.54) is 45.8 Å². The number of nitrogens with zero attached hydrogens (tertiary/aromatic N) is 2. The third-order valence-corrected chi connectivity index (χ3v) is 6.94. The number of ketones is 2. The monoisotopic (exact) mass is 402 g/mol. The molecule has 3 aromatic rings. The fourth-order valence-electron chi connectivity index (χ4n) is 5.65. The predicted octanol–water partition coefficient (Wildman–Crippen LogP) is 5.17. The van der Waals surface area contributed by atoms with Crippen LogP contribution in [0.3, 0.4) is 0 Å². The predicted molar refractivity (Wildman–Crippen MR) is 122 cm³/mol. The van der Waals surface area contributed by atoms with Crippen molar-refractivity contribution in [2.75, 3.05) is 19.6 Å². The molecule has 30 heavy (non-hydrogen) atoms. The molecule has 0 saturated heterocycles. The molecule has 0 radical (unpaired) electrons. The molecule has 0 amide bonds. The standard InChI is InChI=1S/C26H30N2O2/c1-3-13-27(14-4-2)15-16-28-21-9-5-17-19(7-11-23(17)29)25(21)26-20-8-12-24(30)18(20)6-10-22(26)28/h5-6,9-10H,3-4,7-8,11-16H2,1-2H3. The number of aryl methyl sites for hydroxylation is 2. The van der Waals surface area contributed by atoms with Gasteiger partial charge in [-0.2, -0.15) is 0 Å². The second-order valence-corrected chi connectivity index (χ2v) is 8.81. The zero-order valence-corrected chi connectivity index (χ0v) is 18.1. The second-order valence-electron chi connectivity index (χ2n) is 8.81. The summed E-state index contributed by atoms with van der Waals surface area (Å²) in [6.07, 6.45) is 5.18. The second kappa shape index (κ2) is 7.66. The molecule has 1 heterocycles. The van der Waals surface area contributed by atoms with Crippen molar-refractivity contribution >= 4 is 33.4 Å². The van der Waals surface area contributed by atoms with Gasteiger partial charge in [-0.1, -0.05) is 13.8 Å². The van der Waals surface area contributed by atoms with E-state index in [1.54, 1.807) is 0 Å². The fourth-order valence-corrected chi connectivity index (χ4v) is 5.65. The van der Waals surface area contributed by atoms with Gasteiger partial charge >= 0.3 is 0 Å². The highest BCUT2D eigenvalue weighted by Gasteiger charge is 2.29. The minimum absolute atomic E-state index is 0.258. The number of carbonyl (C=O) groups is 2. The highest BCUT2D eigenvalue weighted by atomic mass is 16.1. The van der Waals surface area contributed by atoms with Crippen LogP contribution in [0.1, 0.15) is 71.4 Å². The van der Waals surface area contributed by atoms with Crippen LogP contribution in [0.2, 0.25) is 0 Å². The Hall–Kier alpha value is -2.46. The molecular weight excluding hydrogens is 372 g/mol. The molecule has 2 aliphatic carbocycles. The van der Waals surface area contributed by atoms with Gasteiger partial charge < -0.3 is 9.47 Å². The van der Waals surface area contributed by atoms with E-state index in [9.17, 15) is 9.59 Å². The zero-order valence-electron chi connectivity index (χ0n) is 18.1. The summed E-state index contributed by atoms with van der Waals surface area (Å²) < 4.78 is 2.44. The molecule has 0 fully saturated rings. The summed E-state index contributed by atoms with van der Waals surface area (Å²) >= 11 is 0. The van der Waals surface area contributed by atoms with E-state index in [0.717, 1.165) is 50.1 Å². The maximum Gasteiger partial charge on any atom is 0.163 e. The first-order valence-electron chi connectivity index (χ1n) is 11.5. The Morgan fingerprint density at radius 2 is 1.23 bits per heavy atom. The highest BCUT2D eigenvalue weighted by Crippen LogP contribution is 2.41. The lowest BCUT2D eigenvalue weighted by Crippen LogP contribution is -2.29. The molecule has 0 N–H and O–H groups in total. The SMILES string of the molecule is CCCN(CCC)CCn1c2ccc3c(c2c2c4c(ccc21)C(=O)CC4)CCC3=O. The molecule has 0 atom stereocenters. The van der Waals surface area contributed by atoms with Gasteiger partial charge in [0, 0.05) is 58.9 Å². The highest BCUT2D eigenvalue weighted by molar-refractivity contribution is 6.18. The van der Waals surface area contributed by atoms with Crippen molar-refractivity contribution in [2.24, 2.45) is 0 Å². The largest absolute Gasteiger partial charge is 0.339 e. The van der Waals surface area contributed by atoms with Crippen LogP contribution in [0.5, 0.6) is 0 Å². The molecule has 5 rings (SSSR count). The molecule has 4 nitrogen and oxygen atoms in total. The van der Waals surface area contributed by atoms with E-state index >= 15 is 0 Å². The summed E-state index contributed by atoms with van der Waals surface area (Å²) in [5.74, 6) is 0.516. The molecule has 2 aromatic carbocycles. The maximum atomic E-state index is 12.4. The normalized spacial score (nSPS) is 15.7. The van der Waals surface area contributed by atoms with E-state index in [0.29, 0.717) is 12.8 Å². The van der Waals surface area contributed by atoms with Crippen molar-refractivity contribution < 1.29 is 9.59 Å². The first-order chi connectivity index (χ1) is 14.6. The molecule has 0 unspecified atom stereocenters. The van der Waals surface area contributed by atoms with Crippen molar-refractivity contribution in [3.05, 3.63) is 46.5 Å². The first-order valence-corrected chi connectivity index (χ1v) is 11.5. The van der Waals surface area contributed by atoms with Crippen LogP contribution in [0.4, 0.5) is 0 Å². The average Bonchev–Trinajstić information content (AvgIpc) is 3.40. The van der Waals surface area contributed by atoms with Crippen LogP contribution < -0.4 is 0 Å². The molecule has 156 valence electrons. The Kier molecular flexibility index (Phi) is 4.98. The van der Waals surface area contributed by atoms with Gasteiger partial charge in [0.2, 0.25) is 0 Å². The van der Waals surface area contributed by atoms with Crippen LogP contribution in [0.15, 0.2) is 24.3 Å². The summed E-state index contributed by atoms with van der Waals surface area (Å²) in [6, 6.07) is 8.35. The lowest BCUT2D eigenvalue weighted by molar-refractivity contribution is 0.0986. The number of rotatable bonds is 7. The molecule has 0 aliphatic heterocycles. The zero-order chi connectivity index (χ0) is 20.8. The number of Topliss-reactive ketones (excluding diaryl/α,β-unsaturated/α-hetero) is 2. The topological polar surface area (TPSA) is 42.3 Å². The van der Waals surface area contributed by atoms with Gasteiger partial charge in [0.05, 0.1) is 0 Å². The molecular formula is C26H30N2O2. The van der Waals surface area contributed by atoms with Crippen molar-refractivity contribution in [2.45, 2.75) is 58.9 Å². The fraction of sp³-hybridized carbons (Fsp3) is 0.462. The number of benzene rings is 2. The van der Waals surface area contributed by atoms with E-state index < -0.39 is 0 Å². The molecule has 0 saturated carbocycles. The summed E-state index contributed by atoms with van der Waals surface area (Å²) in [7, 11) is 0. The van der Waals surface area contributed by atoms with Crippen LogP contribution in [0, 0.1) is 0 Å². The van der Waals surface area contributed by atoms with E-state index in [-0.39, 0.29) is 11.6 Å². The lowest BCUT2D eigenvalue weighted by Gasteiger charge is -2.21. The number of carbonyl (C=O) groups excluding carboxylic acids is 2. The van der Waals surface area contributed by atoms with Crippen molar-refractivity contribution in [3.63, 3.8) is 0 Å². The molecule has 0 bridgehead atoms. The maximum absolute atomic E-state index is 12.4. The molecule has 2 aliphatic rings. The summed E-state index contributed by atoms with van der Waals surface area (Å²) in [5, 5.41) is 2.47. The summed E-state index contributed by atoms with van der Waals surface area (Å²) in [6.45, 7) is 8.68. The first kappa shape index (κ1) is 19.5. The summed E-state index contributed by atoms with van der Waals surface area (Å²) in [4.78, 5) is 27.4. The van der Waals surface area contributed by atoms with Gasteiger partial charge in [0.1, 0.15) is 0 Å². The smallest absolute Gasteiger partial charge is 0.163 e. The molecule has 0 spiro atoms. The van der Waals surface area contributed by atoms with Crippen LogP contribution >= 0.6 is 0 Å². The number of hydrogen-bond donors (Lipinski definition) is 0. The van der Waals surface area contributed by atoms with E-state index in [2.05, 4.69) is 35.4 Å². The van der Waals surface area contributed by atoms with Gasteiger partial charge in [-0.3, -0.25) is 9.59 Å². The third-order valence-electron chi connectivity index (χ3n) is 6.94. The van der Waals surface area contributed by atoms with E-state index in [1.807, 2.05) is 12.1 Å². The van der Waals surface area contributed by atoms with Crippen molar-refractivity contribution in [1.82, 2.24) is 9.47 Å². The Bertz CT molecular complexity index is 1080. The molecule has 4 heteroatoms. The van der Waals surface area contributed by atoms with Crippen LogP contribution in [0.25, 0.3) is 21.8 Å². The minimum Gasteiger partial charge on any atom is -0.339 e. The molecule has 1 aromatic heterocycles. The van der Waals surface area contributed by atoms with Gasteiger partial charge in [0.15, 0.2) is 11.6 Å². The van der Waals surface area contributed by atoms with E-state index in [4.69, 9.17) is 0 Å². The van der Waals surface area contributed by atoms with Crippen LogP contribution in [-0.2, 0) is 19.4 Å². The minimum atomic E-state index is 0.258. The lowest BCUT2D eigenvalue weighted by atomic mass is 9.98. The van der Waals surface area contributed by atoms with Gasteiger partial charge in [0.25, 0.3) is 0 Å². The van der Waals surface area contributed by atoms with Crippen LogP contribution in [-0.4, -0.2) is 40.7 Å². The van der Waals surface area contributed by atoms with Gasteiger partial charge in [-0.15, -0.1) is 0 Å². The Balaban J connectivity index is 1.71. The Morgan fingerprint density at radius 3 is 1.70 bits per heavy atom. The third kappa shape index (κ3) is 2.92. The van der Waals surface area contributed by atoms with Gasteiger partial charge in [-0.25, -0.2) is 0 Å². The average molecular weight is 403 g/mol. The Labute approximate surface area is 177 Å². The van der Waals surface area contributed by atoms with Crippen molar-refractivity contribution in [1.29, 1.82) is 0 Å².